The smallest absolute Gasteiger partial charge is 0.357 e. The Kier molecular flexibility index (Phi) is 3.50. The quantitative estimate of drug-likeness (QED) is 0.791. The first kappa shape index (κ1) is 13.2. The van der Waals surface area contributed by atoms with Crippen LogP contribution in [0.15, 0.2) is 20.5 Å². The summed E-state index contributed by atoms with van der Waals surface area (Å²) in [4.78, 5) is 15.4. The molecule has 2 rings (SSSR count). The fourth-order valence-electron chi connectivity index (χ4n) is 1.17. The van der Waals surface area contributed by atoms with Gasteiger partial charge in [0.1, 0.15) is 9.61 Å². The molecule has 1 N–H and O–H groups in total. The van der Waals surface area contributed by atoms with Crippen LogP contribution < -0.4 is 4.72 Å². The molecule has 1 aliphatic rings. The molecule has 0 aromatic carbocycles. The molecule has 7 nitrogen and oxygen atoms in total. The van der Waals surface area contributed by atoms with Gasteiger partial charge in [-0.25, -0.2) is 9.78 Å². The van der Waals surface area contributed by atoms with Gasteiger partial charge in [0.2, 0.25) is 0 Å². The van der Waals surface area contributed by atoms with E-state index in [2.05, 4.69) is 34.8 Å². The molecule has 0 radical (unpaired) electrons. The van der Waals surface area contributed by atoms with E-state index in [-0.39, 0.29) is 11.4 Å². The van der Waals surface area contributed by atoms with Crippen LogP contribution in [0.2, 0.25) is 0 Å². The number of carbonyl (C=O) groups excluding carboxylic acids is 1. The highest BCUT2D eigenvalue weighted by molar-refractivity contribution is 9.10. The first-order valence-corrected chi connectivity index (χ1v) is 7.56. The van der Waals surface area contributed by atoms with Crippen LogP contribution in [0.5, 0.6) is 0 Å². The first-order chi connectivity index (χ1) is 8.41. The van der Waals surface area contributed by atoms with Crippen LogP contribution >= 0.6 is 27.3 Å². The normalized spacial score (nSPS) is 17.4. The zero-order chi connectivity index (χ0) is 13.3. The van der Waals surface area contributed by atoms with Gasteiger partial charge in [-0.05, 0) is 22.0 Å². The topological polar surface area (TPSA) is 97.7 Å². The standard InChI is InChI=1S/C8H6BrN3O4S2/c1-16-8(13)5-2-4(11-18(14,15)12-5)7-10-6(9)3-17-7/h2-3,11H,1H3. The van der Waals surface area contributed by atoms with Gasteiger partial charge in [0.25, 0.3) is 0 Å². The Morgan fingerprint density at radius 1 is 1.56 bits per heavy atom. The lowest BCUT2D eigenvalue weighted by Crippen LogP contribution is -2.29. The lowest BCUT2D eigenvalue weighted by molar-refractivity contribution is -0.132. The van der Waals surface area contributed by atoms with Crippen molar-refractivity contribution in [1.82, 2.24) is 9.71 Å². The molecule has 0 bridgehead atoms. The van der Waals surface area contributed by atoms with E-state index in [0.717, 1.165) is 7.11 Å². The molecule has 0 atom stereocenters. The molecule has 0 spiro atoms. The lowest BCUT2D eigenvalue weighted by Gasteiger charge is -2.12. The minimum Gasteiger partial charge on any atom is -0.464 e. The Morgan fingerprint density at radius 2 is 2.28 bits per heavy atom. The lowest BCUT2D eigenvalue weighted by atomic mass is 10.3. The number of methoxy groups -OCH3 is 1. The average molecular weight is 352 g/mol. The van der Waals surface area contributed by atoms with E-state index in [1.54, 1.807) is 5.38 Å². The van der Waals surface area contributed by atoms with Crippen LogP contribution in [-0.2, 0) is 19.7 Å². The average Bonchev–Trinajstić information content (AvgIpc) is 2.72. The number of nitrogens with zero attached hydrogens (tertiary/aromatic N) is 2. The summed E-state index contributed by atoms with van der Waals surface area (Å²) in [6.07, 6.45) is 1.28. The fourth-order valence-corrected chi connectivity index (χ4v) is 3.32. The van der Waals surface area contributed by atoms with Gasteiger partial charge in [0.15, 0.2) is 5.71 Å². The van der Waals surface area contributed by atoms with Gasteiger partial charge in [0.05, 0.1) is 12.8 Å². The summed E-state index contributed by atoms with van der Waals surface area (Å²) >= 11 is 4.38. The van der Waals surface area contributed by atoms with Crippen molar-refractivity contribution >= 4 is 54.9 Å². The highest BCUT2D eigenvalue weighted by Gasteiger charge is 2.24. The molecule has 0 unspecified atom stereocenters. The Bertz CT molecular complexity index is 662. The summed E-state index contributed by atoms with van der Waals surface area (Å²) in [5.41, 5.74) is -0.112. The maximum Gasteiger partial charge on any atom is 0.357 e. The van der Waals surface area contributed by atoms with E-state index in [1.165, 1.54) is 17.4 Å². The van der Waals surface area contributed by atoms with Crippen molar-refractivity contribution < 1.29 is 17.9 Å². The summed E-state index contributed by atoms with van der Waals surface area (Å²) in [7, 11) is -2.81. The number of carbonyl (C=O) groups is 1. The summed E-state index contributed by atoms with van der Waals surface area (Å²) in [5.74, 6) is -0.826. The molecule has 96 valence electrons. The van der Waals surface area contributed by atoms with E-state index < -0.39 is 16.2 Å². The van der Waals surface area contributed by atoms with Crippen molar-refractivity contribution in [3.05, 3.63) is 21.1 Å². The number of aromatic nitrogens is 1. The van der Waals surface area contributed by atoms with Crippen LogP contribution in [0.4, 0.5) is 0 Å². The van der Waals surface area contributed by atoms with Gasteiger partial charge in [-0.15, -0.1) is 15.7 Å². The van der Waals surface area contributed by atoms with Crippen molar-refractivity contribution in [2.24, 2.45) is 4.40 Å². The predicted molar refractivity (Wildman–Crippen MR) is 69.3 cm³/mol. The zero-order valence-corrected chi connectivity index (χ0v) is 12.1. The number of nitrogens with one attached hydrogen (secondary N) is 1. The van der Waals surface area contributed by atoms with E-state index >= 15 is 0 Å². The highest BCUT2D eigenvalue weighted by atomic mass is 79.9. The molecular formula is C8H6BrN3O4S2. The van der Waals surface area contributed by atoms with Gasteiger partial charge in [-0.2, -0.15) is 8.42 Å². The van der Waals surface area contributed by atoms with Crippen LogP contribution in [-0.4, -0.2) is 32.2 Å². The number of halogens is 1. The van der Waals surface area contributed by atoms with E-state index in [0.29, 0.717) is 9.61 Å². The molecule has 0 saturated heterocycles. The van der Waals surface area contributed by atoms with Crippen LogP contribution in [0.1, 0.15) is 5.01 Å². The third kappa shape index (κ3) is 2.76. The number of thiazole rings is 1. The molecule has 2 heterocycles. The predicted octanol–water partition coefficient (Wildman–Crippen LogP) is 0.709. The molecule has 0 fully saturated rings. The van der Waals surface area contributed by atoms with Crippen molar-refractivity contribution in [3.63, 3.8) is 0 Å². The second-order valence-corrected chi connectivity index (χ2v) is 6.09. The van der Waals surface area contributed by atoms with Crippen LogP contribution in [0.25, 0.3) is 5.70 Å². The molecule has 0 aliphatic carbocycles. The monoisotopic (exact) mass is 351 g/mol. The van der Waals surface area contributed by atoms with Gasteiger partial charge in [-0.3, -0.25) is 4.72 Å². The van der Waals surface area contributed by atoms with Crippen molar-refractivity contribution in [3.8, 4) is 0 Å². The maximum atomic E-state index is 11.5. The van der Waals surface area contributed by atoms with Crippen molar-refractivity contribution in [2.75, 3.05) is 7.11 Å². The minimum atomic E-state index is -3.95. The SMILES string of the molecule is COC(=O)C1=NS(=O)(=O)NC(c2nc(Br)cs2)=C1. The second kappa shape index (κ2) is 4.78. The summed E-state index contributed by atoms with van der Waals surface area (Å²) in [6.45, 7) is 0. The molecular weight excluding hydrogens is 346 g/mol. The van der Waals surface area contributed by atoms with Crippen molar-refractivity contribution in [1.29, 1.82) is 0 Å². The number of rotatable bonds is 2. The maximum absolute atomic E-state index is 11.5. The molecule has 0 amide bonds. The number of esters is 1. The van der Waals surface area contributed by atoms with Gasteiger partial charge in [-0.1, -0.05) is 0 Å². The van der Waals surface area contributed by atoms with E-state index in [4.69, 9.17) is 0 Å². The molecule has 1 aromatic heterocycles. The second-order valence-electron chi connectivity index (χ2n) is 3.08. The fraction of sp³-hybridized carbons (Fsp3) is 0.125. The van der Waals surface area contributed by atoms with Crippen molar-refractivity contribution in [2.45, 2.75) is 0 Å². The Balaban J connectivity index is 2.47. The molecule has 1 aliphatic heterocycles. The largest absolute Gasteiger partial charge is 0.464 e. The Hall–Kier alpha value is -1.26. The third-order valence-corrected chi connectivity index (χ3v) is 4.34. The summed E-state index contributed by atoms with van der Waals surface area (Å²) in [5, 5.41) is 2.11. The Morgan fingerprint density at radius 3 is 2.83 bits per heavy atom. The number of hydrogen-bond acceptors (Lipinski definition) is 6. The third-order valence-electron chi connectivity index (χ3n) is 1.84. The Labute approximate surface area is 115 Å². The van der Waals surface area contributed by atoms with Gasteiger partial charge < -0.3 is 4.74 Å². The van der Waals surface area contributed by atoms with Crippen LogP contribution in [0, 0.1) is 0 Å². The number of hydrogen-bond donors (Lipinski definition) is 1. The highest BCUT2D eigenvalue weighted by Crippen LogP contribution is 2.23. The molecule has 1 aromatic rings. The molecule has 10 heteroatoms. The zero-order valence-electron chi connectivity index (χ0n) is 8.88. The first-order valence-electron chi connectivity index (χ1n) is 4.45. The van der Waals surface area contributed by atoms with Gasteiger partial charge in [0, 0.05) is 5.38 Å². The van der Waals surface area contributed by atoms with E-state index in [9.17, 15) is 13.2 Å². The number of ether oxygens (including phenoxy) is 1. The minimum absolute atomic E-state index is 0.182. The van der Waals surface area contributed by atoms with Crippen LogP contribution in [0.3, 0.4) is 0 Å². The molecule has 0 saturated carbocycles. The summed E-state index contributed by atoms with van der Waals surface area (Å²) < 4.78 is 33.4. The molecule has 18 heavy (non-hydrogen) atoms. The summed E-state index contributed by atoms with van der Waals surface area (Å²) in [6, 6.07) is 0. The van der Waals surface area contributed by atoms with Gasteiger partial charge >= 0.3 is 16.2 Å². The van der Waals surface area contributed by atoms with E-state index in [1.807, 2.05) is 0 Å².